The van der Waals surface area contributed by atoms with Crippen molar-refractivity contribution in [2.75, 3.05) is 13.2 Å². The van der Waals surface area contributed by atoms with Crippen molar-refractivity contribution in [2.45, 2.75) is 233 Å². The largest absolute Gasteiger partial charge is 0.465 e. The summed E-state index contributed by atoms with van der Waals surface area (Å²) < 4.78 is 5.46. The maximum Gasteiger partial charge on any atom is 0.308 e. The molecular weight excluding hydrogens is 552 g/mol. The minimum Gasteiger partial charge on any atom is -0.465 e. The number of carbonyl (C=O) groups is 1. The molecule has 1 atom stereocenters. The van der Waals surface area contributed by atoms with Crippen molar-refractivity contribution in [3.63, 3.8) is 0 Å². The summed E-state index contributed by atoms with van der Waals surface area (Å²) in [6.45, 7) is 9.81. The third-order valence-electron chi connectivity index (χ3n) is 9.14. The first-order chi connectivity index (χ1) is 22.2. The van der Waals surface area contributed by atoms with Crippen LogP contribution in [0.3, 0.4) is 0 Å². The van der Waals surface area contributed by atoms with Crippen molar-refractivity contribution in [2.24, 2.45) is 5.92 Å². The lowest BCUT2D eigenvalue weighted by Gasteiger charge is -2.13. The van der Waals surface area contributed by atoms with Crippen LogP contribution in [0.1, 0.15) is 233 Å². The number of aliphatic hydroxyl groups excluding tert-OH is 1. The third-order valence-corrected chi connectivity index (χ3v) is 9.14. The number of esters is 1. The number of unbranched alkanes of at least 4 members (excludes halogenated alkanes) is 26. The summed E-state index contributed by atoms with van der Waals surface area (Å²) in [5.41, 5.74) is 0. The van der Waals surface area contributed by atoms with E-state index in [1.54, 1.807) is 0 Å². The summed E-state index contributed by atoms with van der Waals surface area (Å²) in [6.07, 6.45) is 46.4. The summed E-state index contributed by atoms with van der Waals surface area (Å²) in [6, 6.07) is 0. The van der Waals surface area contributed by atoms with Gasteiger partial charge in [0.1, 0.15) is 0 Å². The van der Waals surface area contributed by atoms with Crippen molar-refractivity contribution in [1.82, 2.24) is 0 Å². The lowest BCUT2D eigenvalue weighted by Crippen LogP contribution is -2.17. The van der Waals surface area contributed by atoms with E-state index in [-0.39, 0.29) is 11.9 Å². The molecule has 0 aliphatic rings. The number of allylic oxidation sites excluding steroid dienone is 2. The second-order valence-electron chi connectivity index (χ2n) is 13.7. The second kappa shape index (κ2) is 43.2. The Bertz CT molecular complexity index is 558. The fourth-order valence-corrected chi connectivity index (χ4v) is 5.89. The molecule has 0 radical (unpaired) electrons. The van der Waals surface area contributed by atoms with Crippen molar-refractivity contribution in [1.29, 1.82) is 0 Å². The van der Waals surface area contributed by atoms with Crippen LogP contribution in [-0.2, 0) is 9.53 Å². The van der Waals surface area contributed by atoms with Gasteiger partial charge in [0, 0.05) is 6.61 Å². The molecule has 0 saturated heterocycles. The van der Waals surface area contributed by atoms with E-state index in [0.717, 1.165) is 38.5 Å². The Morgan fingerprint density at radius 1 is 0.489 bits per heavy atom. The third kappa shape index (κ3) is 41.1. The maximum atomic E-state index is 12.0. The molecule has 0 aliphatic heterocycles. The topological polar surface area (TPSA) is 46.5 Å². The van der Waals surface area contributed by atoms with E-state index in [4.69, 9.17) is 9.84 Å². The first-order valence-corrected chi connectivity index (χ1v) is 20.6. The predicted molar refractivity (Wildman–Crippen MR) is 201 cm³/mol. The Hall–Kier alpha value is -0.830. The first-order valence-electron chi connectivity index (χ1n) is 20.6. The molecule has 0 bridgehead atoms. The van der Waals surface area contributed by atoms with Crippen LogP contribution in [0.2, 0.25) is 0 Å². The number of ether oxygens (including phenoxy) is 1. The quantitative estimate of drug-likeness (QED) is 0.0428. The molecule has 0 aromatic heterocycles. The van der Waals surface area contributed by atoms with Gasteiger partial charge >= 0.3 is 5.97 Å². The van der Waals surface area contributed by atoms with Gasteiger partial charge in [-0.1, -0.05) is 194 Å². The van der Waals surface area contributed by atoms with E-state index in [1.165, 1.54) is 167 Å². The first kappa shape index (κ1) is 46.3. The summed E-state index contributed by atoms with van der Waals surface area (Å²) in [5, 5.41) is 8.66. The van der Waals surface area contributed by atoms with Crippen molar-refractivity contribution >= 4 is 5.97 Å². The SMILES string of the molecule is CCCCCCCC/C=C\CCCCCCCCO.CCCCCCCCCCCCCCCCOC(=O)C(CC)CCCC. The molecule has 0 spiro atoms. The van der Waals surface area contributed by atoms with Gasteiger partial charge in [-0.3, -0.25) is 4.79 Å². The van der Waals surface area contributed by atoms with Crippen LogP contribution in [0.25, 0.3) is 0 Å². The molecule has 0 heterocycles. The van der Waals surface area contributed by atoms with Gasteiger partial charge in [0.25, 0.3) is 0 Å². The number of aliphatic hydroxyl groups is 1. The highest BCUT2D eigenvalue weighted by atomic mass is 16.5. The fourth-order valence-electron chi connectivity index (χ4n) is 5.89. The molecule has 0 amide bonds. The molecule has 270 valence electrons. The normalized spacial score (nSPS) is 11.9. The molecule has 0 fully saturated rings. The molecule has 0 rings (SSSR count). The van der Waals surface area contributed by atoms with Crippen LogP contribution < -0.4 is 0 Å². The predicted octanol–water partition coefficient (Wildman–Crippen LogP) is 14.2. The molecule has 0 aliphatic carbocycles. The van der Waals surface area contributed by atoms with E-state index in [1.807, 2.05) is 0 Å². The molecule has 3 nitrogen and oxygen atoms in total. The van der Waals surface area contributed by atoms with Gasteiger partial charge in [-0.05, 0) is 51.4 Å². The zero-order chi connectivity index (χ0) is 33.3. The Morgan fingerprint density at radius 2 is 0.844 bits per heavy atom. The smallest absolute Gasteiger partial charge is 0.308 e. The van der Waals surface area contributed by atoms with Crippen LogP contribution in [0.4, 0.5) is 0 Å². The molecule has 0 aromatic carbocycles. The zero-order valence-corrected chi connectivity index (χ0v) is 31.5. The maximum absolute atomic E-state index is 12.0. The molecule has 3 heteroatoms. The highest BCUT2D eigenvalue weighted by molar-refractivity contribution is 5.72. The average molecular weight is 637 g/mol. The Balaban J connectivity index is 0. The van der Waals surface area contributed by atoms with E-state index in [2.05, 4.69) is 39.8 Å². The van der Waals surface area contributed by atoms with Gasteiger partial charge in [0.15, 0.2) is 0 Å². The molecule has 1 N–H and O–H groups in total. The molecule has 0 aromatic rings. The molecular formula is C42H84O3. The van der Waals surface area contributed by atoms with Crippen molar-refractivity contribution < 1.29 is 14.6 Å². The van der Waals surface area contributed by atoms with E-state index in [0.29, 0.717) is 13.2 Å². The summed E-state index contributed by atoms with van der Waals surface area (Å²) in [4.78, 5) is 12.0. The van der Waals surface area contributed by atoms with Crippen molar-refractivity contribution in [3.05, 3.63) is 12.2 Å². The van der Waals surface area contributed by atoms with Crippen LogP contribution >= 0.6 is 0 Å². The zero-order valence-electron chi connectivity index (χ0n) is 31.5. The Kier molecular flexibility index (Phi) is 44.4. The van der Waals surface area contributed by atoms with Gasteiger partial charge < -0.3 is 9.84 Å². The van der Waals surface area contributed by atoms with Crippen molar-refractivity contribution in [3.8, 4) is 0 Å². The molecule has 45 heavy (non-hydrogen) atoms. The van der Waals surface area contributed by atoms with E-state index >= 15 is 0 Å². The lowest BCUT2D eigenvalue weighted by molar-refractivity contribution is -0.149. The van der Waals surface area contributed by atoms with Gasteiger partial charge in [0.05, 0.1) is 12.5 Å². The fraction of sp³-hybridized carbons (Fsp3) is 0.929. The molecule has 0 saturated carbocycles. The number of hydrogen-bond acceptors (Lipinski definition) is 3. The summed E-state index contributed by atoms with van der Waals surface area (Å²) in [5.74, 6) is 0.164. The average Bonchev–Trinajstić information content (AvgIpc) is 3.05. The minimum atomic E-state index is 0.0376. The minimum absolute atomic E-state index is 0.0376. The van der Waals surface area contributed by atoms with Gasteiger partial charge in [-0.25, -0.2) is 0 Å². The van der Waals surface area contributed by atoms with Gasteiger partial charge in [-0.2, -0.15) is 0 Å². The Morgan fingerprint density at radius 3 is 1.22 bits per heavy atom. The standard InChI is InChI=1S/C24H48O2.C18H36O/c1-4-7-9-10-11-12-13-14-15-16-17-18-19-20-22-26-24(25)23(6-3)21-8-5-2;1-2-3-4-5-6-7-8-9-10-11-12-13-14-15-16-17-18-19/h23H,4-22H2,1-3H3;9-10,19H,2-8,11-18H2,1H3/b;10-9-. The van der Waals surface area contributed by atoms with Gasteiger partial charge in [0.2, 0.25) is 0 Å². The molecule has 1 unspecified atom stereocenters. The number of hydrogen-bond donors (Lipinski definition) is 1. The monoisotopic (exact) mass is 637 g/mol. The summed E-state index contributed by atoms with van der Waals surface area (Å²) >= 11 is 0. The van der Waals surface area contributed by atoms with Crippen LogP contribution in [-0.4, -0.2) is 24.3 Å². The van der Waals surface area contributed by atoms with E-state index in [9.17, 15) is 4.79 Å². The second-order valence-corrected chi connectivity index (χ2v) is 13.7. The summed E-state index contributed by atoms with van der Waals surface area (Å²) in [7, 11) is 0. The van der Waals surface area contributed by atoms with Crippen LogP contribution in [0, 0.1) is 5.92 Å². The highest BCUT2D eigenvalue weighted by Crippen LogP contribution is 2.16. The lowest BCUT2D eigenvalue weighted by atomic mass is 10.00. The van der Waals surface area contributed by atoms with Gasteiger partial charge in [-0.15, -0.1) is 0 Å². The van der Waals surface area contributed by atoms with Crippen LogP contribution in [0.5, 0.6) is 0 Å². The Labute approximate surface area is 284 Å². The van der Waals surface area contributed by atoms with Crippen LogP contribution in [0.15, 0.2) is 12.2 Å². The van der Waals surface area contributed by atoms with E-state index < -0.39 is 0 Å². The highest BCUT2D eigenvalue weighted by Gasteiger charge is 2.16. The number of rotatable bonds is 35. The number of carbonyl (C=O) groups excluding carboxylic acids is 1.